The number of nitriles is 1. The third kappa shape index (κ3) is 3.02. The third-order valence-corrected chi connectivity index (χ3v) is 7.18. The van der Waals surface area contributed by atoms with Gasteiger partial charge in [-0.2, -0.15) is 5.26 Å². The van der Waals surface area contributed by atoms with Crippen LogP contribution in [0, 0.1) is 11.3 Å². The zero-order chi connectivity index (χ0) is 21.6. The van der Waals surface area contributed by atoms with Gasteiger partial charge in [-0.1, -0.05) is 23.7 Å². The molecule has 3 aromatic rings. The monoisotopic (exact) mass is 449 g/mol. The maximum absolute atomic E-state index is 13.9. The Morgan fingerprint density at radius 2 is 2.10 bits per heavy atom. The van der Waals surface area contributed by atoms with Gasteiger partial charge >= 0.3 is 0 Å². The van der Waals surface area contributed by atoms with Gasteiger partial charge in [0.15, 0.2) is 10.6 Å². The zero-order valence-corrected chi connectivity index (χ0v) is 17.8. The van der Waals surface area contributed by atoms with Crippen molar-refractivity contribution < 1.29 is 14.0 Å². The number of fused-ring (bicyclic) bond motifs is 2. The Kier molecular flexibility index (Phi) is 4.77. The summed E-state index contributed by atoms with van der Waals surface area (Å²) in [6, 6.07) is 17.9. The quantitative estimate of drug-likeness (QED) is 0.592. The Morgan fingerprint density at radius 1 is 1.23 bits per heavy atom. The summed E-state index contributed by atoms with van der Waals surface area (Å²) < 4.78 is 5.32. The van der Waals surface area contributed by atoms with E-state index in [1.165, 1.54) is 18.0 Å². The van der Waals surface area contributed by atoms with Crippen molar-refractivity contribution in [3.63, 3.8) is 0 Å². The molecule has 0 saturated carbocycles. The molecule has 2 aromatic carbocycles. The summed E-state index contributed by atoms with van der Waals surface area (Å²) in [5.74, 6) is 0.276. The molecule has 1 aromatic heterocycles. The van der Waals surface area contributed by atoms with E-state index in [0.29, 0.717) is 34.1 Å². The van der Waals surface area contributed by atoms with Gasteiger partial charge in [-0.25, -0.2) is 0 Å². The predicted octanol–water partition coefficient (Wildman–Crippen LogP) is 4.39. The molecule has 1 saturated heterocycles. The summed E-state index contributed by atoms with van der Waals surface area (Å²) in [5, 5.41) is 9.71. The highest BCUT2D eigenvalue weighted by atomic mass is 35.5. The second-order valence-electron chi connectivity index (χ2n) is 7.29. The van der Waals surface area contributed by atoms with Gasteiger partial charge in [0.05, 0.1) is 30.1 Å². The maximum atomic E-state index is 13.9. The second-order valence-corrected chi connectivity index (χ2v) is 9.02. The average molecular weight is 450 g/mol. The van der Waals surface area contributed by atoms with E-state index in [9.17, 15) is 14.9 Å². The topological polar surface area (TPSA) is 77.5 Å². The summed E-state index contributed by atoms with van der Waals surface area (Å²) in [5.41, 5.74) is 2.77. The van der Waals surface area contributed by atoms with Crippen LogP contribution in [0.2, 0.25) is 5.02 Å². The molecule has 6 nitrogen and oxygen atoms in total. The van der Waals surface area contributed by atoms with Crippen LogP contribution in [-0.4, -0.2) is 29.0 Å². The van der Waals surface area contributed by atoms with E-state index in [-0.39, 0.29) is 24.1 Å². The molecule has 2 amide bonds. The molecule has 1 spiro atoms. The Balaban J connectivity index is 1.60. The number of furan rings is 1. The summed E-state index contributed by atoms with van der Waals surface area (Å²) in [7, 11) is 0. The van der Waals surface area contributed by atoms with Crippen LogP contribution in [0.3, 0.4) is 0 Å². The van der Waals surface area contributed by atoms with Crippen molar-refractivity contribution in [2.24, 2.45) is 0 Å². The molecule has 0 unspecified atom stereocenters. The van der Waals surface area contributed by atoms with Crippen LogP contribution in [0.4, 0.5) is 5.69 Å². The van der Waals surface area contributed by atoms with Crippen LogP contribution < -0.4 is 4.90 Å². The molecule has 1 fully saturated rings. The van der Waals surface area contributed by atoms with Crippen LogP contribution in [0.25, 0.3) is 0 Å². The number of halogens is 1. The minimum Gasteiger partial charge on any atom is -0.459 e. The molecule has 31 heavy (non-hydrogen) atoms. The fourth-order valence-electron chi connectivity index (χ4n) is 4.20. The van der Waals surface area contributed by atoms with E-state index < -0.39 is 4.87 Å². The Hall–Kier alpha value is -3.21. The first kappa shape index (κ1) is 19.7. The minimum atomic E-state index is -1.20. The molecule has 0 aliphatic carbocycles. The van der Waals surface area contributed by atoms with Crippen molar-refractivity contribution in [3.8, 4) is 6.07 Å². The summed E-state index contributed by atoms with van der Waals surface area (Å²) in [4.78, 5) is 29.2. The third-order valence-electron chi connectivity index (χ3n) is 5.53. The van der Waals surface area contributed by atoms with Crippen molar-refractivity contribution >= 4 is 40.9 Å². The van der Waals surface area contributed by atoms with E-state index >= 15 is 0 Å². The number of nitrogens with zero attached hydrogens (tertiary/aromatic N) is 3. The molecular weight excluding hydrogens is 434 g/mol. The molecule has 0 radical (unpaired) electrons. The maximum Gasteiger partial charge on any atom is 0.291 e. The Bertz CT molecular complexity index is 1240. The molecular formula is C23H16ClN3O3S. The van der Waals surface area contributed by atoms with Crippen molar-refractivity contribution in [1.29, 1.82) is 5.26 Å². The first-order valence-corrected chi connectivity index (χ1v) is 11.0. The number of anilines is 1. The van der Waals surface area contributed by atoms with Gasteiger partial charge in [0, 0.05) is 22.9 Å². The van der Waals surface area contributed by atoms with E-state index in [2.05, 4.69) is 6.07 Å². The van der Waals surface area contributed by atoms with Crippen LogP contribution in [0.15, 0.2) is 65.3 Å². The number of thioether (sulfide) groups is 1. The smallest absolute Gasteiger partial charge is 0.291 e. The van der Waals surface area contributed by atoms with Crippen LogP contribution >= 0.6 is 23.4 Å². The molecule has 154 valence electrons. The summed E-state index contributed by atoms with van der Waals surface area (Å²) in [6.07, 6.45) is 1.44. The molecule has 1 atom stereocenters. The van der Waals surface area contributed by atoms with Crippen LogP contribution in [0.5, 0.6) is 0 Å². The predicted molar refractivity (Wildman–Crippen MR) is 118 cm³/mol. The lowest BCUT2D eigenvalue weighted by atomic mass is 10.1. The lowest BCUT2D eigenvalue weighted by Gasteiger charge is -2.32. The lowest BCUT2D eigenvalue weighted by Crippen LogP contribution is -2.50. The van der Waals surface area contributed by atoms with Gasteiger partial charge in [0.25, 0.3) is 11.8 Å². The van der Waals surface area contributed by atoms with Crippen molar-refractivity contribution in [1.82, 2.24) is 4.90 Å². The first-order chi connectivity index (χ1) is 15.0. The number of benzene rings is 2. The number of rotatable bonds is 3. The zero-order valence-electron chi connectivity index (χ0n) is 16.2. The van der Waals surface area contributed by atoms with Crippen molar-refractivity contribution in [3.05, 3.63) is 88.3 Å². The molecule has 3 heterocycles. The summed E-state index contributed by atoms with van der Waals surface area (Å²) >= 11 is 7.74. The second kappa shape index (κ2) is 7.49. The molecule has 0 bridgehead atoms. The standard InChI is InChI=1S/C23H16ClN3O3S/c24-17-6-7-19-18(12-17)23(27(8-10-31-23)21(28)20-5-2-9-30-20)22(29)26(19)14-16-4-1-3-15(11-16)13-25/h1-7,9,11-12H,8,10,14H2/t23-/m0/s1. The highest BCUT2D eigenvalue weighted by molar-refractivity contribution is 8.01. The first-order valence-electron chi connectivity index (χ1n) is 9.65. The summed E-state index contributed by atoms with van der Waals surface area (Å²) in [6.45, 7) is 0.702. The van der Waals surface area contributed by atoms with Gasteiger partial charge < -0.3 is 14.2 Å². The van der Waals surface area contributed by atoms with Gasteiger partial charge in [0.2, 0.25) is 0 Å². The van der Waals surface area contributed by atoms with Crippen molar-refractivity contribution in [2.45, 2.75) is 11.4 Å². The number of carbonyl (C=O) groups excluding carboxylic acids is 2. The number of hydrogen-bond donors (Lipinski definition) is 0. The SMILES string of the molecule is N#Cc1cccc(CN2C(=O)[C@@]3(SCCN3C(=O)c3ccco3)c3cc(Cl)ccc32)c1. The molecule has 2 aliphatic rings. The van der Waals surface area contributed by atoms with Gasteiger partial charge in [0.1, 0.15) is 0 Å². The van der Waals surface area contributed by atoms with Gasteiger partial charge in [-0.05, 0) is 48.0 Å². The lowest BCUT2D eigenvalue weighted by molar-refractivity contribution is -0.123. The Labute approximate surface area is 188 Å². The highest BCUT2D eigenvalue weighted by Gasteiger charge is 2.59. The molecule has 5 rings (SSSR count). The van der Waals surface area contributed by atoms with E-state index in [4.69, 9.17) is 16.0 Å². The minimum absolute atomic E-state index is 0.193. The molecule has 8 heteroatoms. The van der Waals surface area contributed by atoms with Gasteiger partial charge in [-0.3, -0.25) is 9.59 Å². The van der Waals surface area contributed by atoms with Crippen LogP contribution in [0.1, 0.15) is 27.2 Å². The normalized spacial score (nSPS) is 19.7. The largest absolute Gasteiger partial charge is 0.459 e. The number of hydrogen-bond acceptors (Lipinski definition) is 5. The molecule has 2 aliphatic heterocycles. The Morgan fingerprint density at radius 3 is 2.87 bits per heavy atom. The molecule has 0 N–H and O–H groups in total. The van der Waals surface area contributed by atoms with E-state index in [0.717, 1.165) is 5.56 Å². The average Bonchev–Trinajstić information content (AvgIpc) is 3.51. The number of carbonyl (C=O) groups is 2. The van der Waals surface area contributed by atoms with Crippen LogP contribution in [-0.2, 0) is 16.2 Å². The van der Waals surface area contributed by atoms with E-state index in [1.807, 2.05) is 12.1 Å². The number of amides is 2. The fourth-order valence-corrected chi connectivity index (χ4v) is 5.82. The fraction of sp³-hybridized carbons (Fsp3) is 0.174. The van der Waals surface area contributed by atoms with Crippen molar-refractivity contribution in [2.75, 3.05) is 17.2 Å². The highest BCUT2D eigenvalue weighted by Crippen LogP contribution is 2.55. The van der Waals surface area contributed by atoms with E-state index in [1.54, 1.807) is 52.3 Å². The van der Waals surface area contributed by atoms with Gasteiger partial charge in [-0.15, -0.1) is 11.8 Å².